The summed E-state index contributed by atoms with van der Waals surface area (Å²) in [5.41, 5.74) is 0.205. The van der Waals surface area contributed by atoms with Crippen molar-refractivity contribution in [1.29, 1.82) is 0 Å². The molecular formula is C10H9ClF2INO2. The Hall–Kier alpha value is -0.500. The van der Waals surface area contributed by atoms with Gasteiger partial charge in [-0.25, -0.2) is 13.8 Å². The fourth-order valence-corrected chi connectivity index (χ4v) is 2.18. The van der Waals surface area contributed by atoms with Crippen LogP contribution in [0.2, 0.25) is 0 Å². The lowest BCUT2D eigenvalue weighted by molar-refractivity contribution is -0.139. The third kappa shape index (κ3) is 3.48. The largest absolute Gasteiger partial charge is 0.469 e. The number of ether oxygens (including phenoxy) is 1. The predicted molar refractivity (Wildman–Crippen MR) is 67.2 cm³/mol. The van der Waals surface area contributed by atoms with Gasteiger partial charge in [-0.1, -0.05) is 0 Å². The topological polar surface area (TPSA) is 39.2 Å². The first-order chi connectivity index (χ1) is 8.01. The fourth-order valence-electron chi connectivity index (χ4n) is 1.35. The lowest BCUT2D eigenvalue weighted by Crippen LogP contribution is -2.12. The number of halogens is 4. The first kappa shape index (κ1) is 14.6. The SMILES string of the molecule is COC(=O)Cc1c(I)ncc(CCl)c1C(F)F. The molecule has 0 unspecified atom stereocenters. The summed E-state index contributed by atoms with van der Waals surface area (Å²) in [6, 6.07) is 0. The summed E-state index contributed by atoms with van der Waals surface area (Å²) in [6.45, 7) is 0. The molecule has 0 saturated carbocycles. The first-order valence-corrected chi connectivity index (χ1v) is 6.19. The number of hydrogen-bond donors (Lipinski definition) is 0. The van der Waals surface area contributed by atoms with Crippen molar-refractivity contribution < 1.29 is 18.3 Å². The monoisotopic (exact) mass is 375 g/mol. The minimum atomic E-state index is -2.69. The molecule has 3 nitrogen and oxygen atoms in total. The number of carbonyl (C=O) groups excluding carboxylic acids is 1. The van der Waals surface area contributed by atoms with Gasteiger partial charge in [-0.05, 0) is 28.2 Å². The van der Waals surface area contributed by atoms with Crippen molar-refractivity contribution in [3.8, 4) is 0 Å². The number of alkyl halides is 3. The number of pyridine rings is 1. The highest BCUT2D eigenvalue weighted by molar-refractivity contribution is 14.1. The molecule has 0 saturated heterocycles. The molecule has 1 aromatic rings. The van der Waals surface area contributed by atoms with Crippen molar-refractivity contribution >= 4 is 40.2 Å². The Labute approximate surface area is 116 Å². The van der Waals surface area contributed by atoms with E-state index in [-0.39, 0.29) is 29.0 Å². The number of esters is 1. The summed E-state index contributed by atoms with van der Waals surface area (Å²) in [4.78, 5) is 15.1. The minimum absolute atomic E-state index is 0.0717. The van der Waals surface area contributed by atoms with Crippen LogP contribution in [0.4, 0.5) is 8.78 Å². The van der Waals surface area contributed by atoms with Crippen LogP contribution in [0, 0.1) is 3.70 Å². The van der Waals surface area contributed by atoms with E-state index in [1.165, 1.54) is 13.3 Å². The third-order valence-corrected chi connectivity index (χ3v) is 3.38. The first-order valence-electron chi connectivity index (χ1n) is 4.58. The van der Waals surface area contributed by atoms with E-state index in [1.54, 1.807) is 22.6 Å². The molecule has 17 heavy (non-hydrogen) atoms. The van der Waals surface area contributed by atoms with Gasteiger partial charge in [-0.3, -0.25) is 4.79 Å². The number of carbonyl (C=O) groups is 1. The Morgan fingerprint density at radius 3 is 2.76 bits per heavy atom. The second-order valence-corrected chi connectivity index (χ2v) is 4.44. The highest BCUT2D eigenvalue weighted by atomic mass is 127. The zero-order valence-electron chi connectivity index (χ0n) is 8.84. The van der Waals surface area contributed by atoms with Crippen molar-refractivity contribution in [1.82, 2.24) is 4.98 Å². The summed E-state index contributed by atoms with van der Waals surface area (Å²) in [7, 11) is 1.20. The maximum Gasteiger partial charge on any atom is 0.310 e. The molecule has 0 aliphatic carbocycles. The molecule has 0 spiro atoms. The lowest BCUT2D eigenvalue weighted by atomic mass is 10.0. The maximum absolute atomic E-state index is 13.0. The lowest BCUT2D eigenvalue weighted by Gasteiger charge is -2.13. The molecule has 0 amide bonds. The zero-order valence-corrected chi connectivity index (χ0v) is 11.8. The van der Waals surface area contributed by atoms with Crippen molar-refractivity contribution in [2.24, 2.45) is 0 Å². The van der Waals surface area contributed by atoms with E-state index in [2.05, 4.69) is 9.72 Å². The molecule has 0 radical (unpaired) electrons. The van der Waals surface area contributed by atoms with Crippen molar-refractivity contribution in [2.45, 2.75) is 18.7 Å². The zero-order chi connectivity index (χ0) is 13.0. The van der Waals surface area contributed by atoms with Crippen LogP contribution in [0.3, 0.4) is 0 Å². The van der Waals surface area contributed by atoms with Gasteiger partial charge in [0.2, 0.25) is 0 Å². The van der Waals surface area contributed by atoms with E-state index in [0.29, 0.717) is 3.70 Å². The van der Waals surface area contributed by atoms with Gasteiger partial charge in [-0.2, -0.15) is 0 Å². The molecule has 1 heterocycles. The Balaban J connectivity index is 3.28. The molecule has 0 aromatic carbocycles. The van der Waals surface area contributed by atoms with Gasteiger partial charge in [0.15, 0.2) is 0 Å². The van der Waals surface area contributed by atoms with Gasteiger partial charge >= 0.3 is 5.97 Å². The van der Waals surface area contributed by atoms with Crippen LogP contribution in [-0.4, -0.2) is 18.1 Å². The average molecular weight is 376 g/mol. The van der Waals surface area contributed by atoms with E-state index in [0.717, 1.165) is 0 Å². The summed E-state index contributed by atoms with van der Waals surface area (Å²) >= 11 is 7.39. The molecule has 7 heteroatoms. The second-order valence-electron chi connectivity index (χ2n) is 3.15. The van der Waals surface area contributed by atoms with Gasteiger partial charge in [0.1, 0.15) is 3.70 Å². The van der Waals surface area contributed by atoms with E-state index >= 15 is 0 Å². The number of rotatable bonds is 4. The van der Waals surface area contributed by atoms with Crippen LogP contribution in [0.5, 0.6) is 0 Å². The summed E-state index contributed by atoms with van der Waals surface area (Å²) < 4.78 is 30.8. The van der Waals surface area contributed by atoms with E-state index in [4.69, 9.17) is 11.6 Å². The van der Waals surface area contributed by atoms with Crippen LogP contribution in [-0.2, 0) is 21.8 Å². The summed E-state index contributed by atoms with van der Waals surface area (Å²) in [5, 5.41) is 0. The smallest absolute Gasteiger partial charge is 0.310 e. The van der Waals surface area contributed by atoms with Crippen LogP contribution < -0.4 is 0 Å². The van der Waals surface area contributed by atoms with Crippen molar-refractivity contribution in [3.63, 3.8) is 0 Å². The van der Waals surface area contributed by atoms with E-state index < -0.39 is 12.4 Å². The van der Waals surface area contributed by atoms with Gasteiger partial charge in [-0.15, -0.1) is 11.6 Å². The van der Waals surface area contributed by atoms with E-state index in [1.807, 2.05) is 0 Å². The Morgan fingerprint density at radius 2 is 2.29 bits per heavy atom. The number of aromatic nitrogens is 1. The third-order valence-electron chi connectivity index (χ3n) is 2.16. The van der Waals surface area contributed by atoms with Crippen LogP contribution in [0.1, 0.15) is 23.1 Å². The van der Waals surface area contributed by atoms with Gasteiger partial charge in [0.25, 0.3) is 6.43 Å². The quantitative estimate of drug-likeness (QED) is 0.351. The molecule has 0 bridgehead atoms. The van der Waals surface area contributed by atoms with Crippen LogP contribution >= 0.6 is 34.2 Å². The minimum Gasteiger partial charge on any atom is -0.469 e. The number of methoxy groups -OCH3 is 1. The van der Waals surface area contributed by atoms with Gasteiger partial charge in [0, 0.05) is 23.2 Å². The maximum atomic E-state index is 13.0. The fraction of sp³-hybridized carbons (Fsp3) is 0.400. The standard InChI is InChI=1S/C10H9ClF2INO2/c1-17-7(16)2-6-8(9(12)13)5(3-11)4-15-10(6)14/h4,9H,2-3H2,1H3. The molecule has 1 rings (SSSR count). The molecule has 0 fully saturated rings. The van der Waals surface area contributed by atoms with Crippen LogP contribution in [0.25, 0.3) is 0 Å². The molecule has 0 N–H and O–H groups in total. The Bertz CT molecular complexity index is 429. The van der Waals surface area contributed by atoms with Crippen molar-refractivity contribution in [3.05, 3.63) is 26.6 Å². The number of nitrogens with zero attached hydrogens (tertiary/aromatic N) is 1. The van der Waals surface area contributed by atoms with Gasteiger partial charge in [0.05, 0.1) is 13.5 Å². The average Bonchev–Trinajstić information content (AvgIpc) is 2.30. The van der Waals surface area contributed by atoms with Crippen molar-refractivity contribution in [2.75, 3.05) is 7.11 Å². The highest BCUT2D eigenvalue weighted by Crippen LogP contribution is 2.30. The normalized spacial score (nSPS) is 10.7. The highest BCUT2D eigenvalue weighted by Gasteiger charge is 2.22. The number of hydrogen-bond acceptors (Lipinski definition) is 3. The van der Waals surface area contributed by atoms with E-state index in [9.17, 15) is 13.6 Å². The molecule has 0 aliphatic heterocycles. The Kier molecular flexibility index (Phi) is 5.51. The van der Waals surface area contributed by atoms with Crippen LogP contribution in [0.15, 0.2) is 6.20 Å². The summed E-state index contributed by atoms with van der Waals surface area (Å²) in [6.07, 6.45) is -1.62. The molecule has 0 aliphatic rings. The summed E-state index contributed by atoms with van der Waals surface area (Å²) in [5.74, 6) is -0.657. The molecule has 1 aromatic heterocycles. The predicted octanol–water partition coefficient (Wildman–Crippen LogP) is 3.08. The van der Waals surface area contributed by atoms with Gasteiger partial charge < -0.3 is 4.74 Å². The Morgan fingerprint density at radius 1 is 1.65 bits per heavy atom. The molecular weight excluding hydrogens is 366 g/mol. The second kappa shape index (κ2) is 6.44. The molecule has 94 valence electrons. The molecule has 0 atom stereocenters.